The summed E-state index contributed by atoms with van der Waals surface area (Å²) in [5, 5.41) is 9.12. The number of aliphatic hydroxyl groups is 1. The number of aldehydes is 1. The van der Waals surface area contributed by atoms with Gasteiger partial charge in [0.15, 0.2) is 0 Å². The van der Waals surface area contributed by atoms with Gasteiger partial charge < -0.3 is 9.90 Å². The summed E-state index contributed by atoms with van der Waals surface area (Å²) >= 11 is 0. The third-order valence-electron chi connectivity index (χ3n) is 4.15. The van der Waals surface area contributed by atoms with E-state index in [-0.39, 0.29) is 6.61 Å². The van der Waals surface area contributed by atoms with Crippen molar-refractivity contribution in [2.75, 3.05) is 6.61 Å². The predicted molar refractivity (Wildman–Crippen MR) is 72.6 cm³/mol. The summed E-state index contributed by atoms with van der Waals surface area (Å²) in [6.45, 7) is 0.220. The van der Waals surface area contributed by atoms with Crippen LogP contribution in [0.25, 0.3) is 0 Å². The molecule has 2 nitrogen and oxygen atoms in total. The third kappa shape index (κ3) is 3.20. The molecular formula is C16H22O2. The Kier molecular flexibility index (Phi) is 4.94. The van der Waals surface area contributed by atoms with Crippen LogP contribution >= 0.6 is 0 Å². The summed E-state index contributed by atoms with van der Waals surface area (Å²) < 4.78 is 0. The van der Waals surface area contributed by atoms with Gasteiger partial charge in [-0.1, -0.05) is 24.3 Å². The second-order valence-electron chi connectivity index (χ2n) is 5.29. The van der Waals surface area contributed by atoms with Gasteiger partial charge in [-0.3, -0.25) is 0 Å². The molecule has 0 bridgehead atoms. The van der Waals surface area contributed by atoms with E-state index in [2.05, 4.69) is 18.2 Å². The van der Waals surface area contributed by atoms with Crippen LogP contribution in [0.15, 0.2) is 24.3 Å². The molecular weight excluding hydrogens is 224 g/mol. The minimum Gasteiger partial charge on any atom is -0.396 e. The molecule has 0 amide bonds. The quantitative estimate of drug-likeness (QED) is 0.811. The smallest absolute Gasteiger partial charge is 0.120 e. The zero-order chi connectivity index (χ0) is 12.8. The first-order chi connectivity index (χ1) is 8.85. The predicted octanol–water partition coefficient (Wildman–Crippen LogP) is 3.08. The van der Waals surface area contributed by atoms with Crippen molar-refractivity contribution in [3.63, 3.8) is 0 Å². The molecule has 98 valence electrons. The number of hydrogen-bond donors (Lipinski definition) is 1. The Bertz CT molecular complexity index is 378. The first kappa shape index (κ1) is 13.3. The molecule has 18 heavy (non-hydrogen) atoms. The van der Waals surface area contributed by atoms with Gasteiger partial charge in [-0.2, -0.15) is 0 Å². The Hall–Kier alpha value is -1.15. The van der Waals surface area contributed by atoms with E-state index in [1.807, 2.05) is 6.07 Å². The van der Waals surface area contributed by atoms with Gasteiger partial charge >= 0.3 is 0 Å². The number of carbonyl (C=O) groups is 1. The van der Waals surface area contributed by atoms with Crippen molar-refractivity contribution < 1.29 is 9.90 Å². The fourth-order valence-electron chi connectivity index (χ4n) is 3.13. The first-order valence-corrected chi connectivity index (χ1v) is 6.97. The van der Waals surface area contributed by atoms with E-state index in [1.54, 1.807) is 0 Å². The Morgan fingerprint density at radius 2 is 1.89 bits per heavy atom. The van der Waals surface area contributed by atoms with Crippen LogP contribution in [0, 0.1) is 5.92 Å². The standard InChI is InChI=1S/C16H22O2/c17-11-9-13-5-7-15(8-6-13)16-4-2-1-3-14(16)10-12-18/h1-4,11,13,15,18H,5-10,12H2. The van der Waals surface area contributed by atoms with Crippen molar-refractivity contribution in [2.45, 2.75) is 44.4 Å². The summed E-state index contributed by atoms with van der Waals surface area (Å²) in [5.41, 5.74) is 2.70. The minimum absolute atomic E-state index is 0.220. The molecule has 1 aliphatic carbocycles. The lowest BCUT2D eigenvalue weighted by molar-refractivity contribution is -0.108. The zero-order valence-corrected chi connectivity index (χ0v) is 10.8. The highest BCUT2D eigenvalue weighted by molar-refractivity contribution is 5.49. The molecule has 1 aliphatic rings. The van der Waals surface area contributed by atoms with Gasteiger partial charge in [0.2, 0.25) is 0 Å². The number of aliphatic hydroxyl groups excluding tert-OH is 1. The number of carbonyl (C=O) groups excluding carboxylic acids is 1. The number of hydrogen-bond acceptors (Lipinski definition) is 2. The SMILES string of the molecule is O=CCC1CCC(c2ccccc2CCO)CC1. The Morgan fingerprint density at radius 3 is 2.56 bits per heavy atom. The molecule has 0 spiro atoms. The fourth-order valence-corrected chi connectivity index (χ4v) is 3.13. The van der Waals surface area contributed by atoms with E-state index in [4.69, 9.17) is 5.11 Å². The van der Waals surface area contributed by atoms with Gasteiger partial charge in [0, 0.05) is 13.0 Å². The van der Waals surface area contributed by atoms with Gasteiger partial charge in [0.05, 0.1) is 0 Å². The maximum Gasteiger partial charge on any atom is 0.120 e. The monoisotopic (exact) mass is 246 g/mol. The van der Waals surface area contributed by atoms with Crippen molar-refractivity contribution in [1.82, 2.24) is 0 Å². The van der Waals surface area contributed by atoms with E-state index in [1.165, 1.54) is 24.0 Å². The lowest BCUT2D eigenvalue weighted by Gasteiger charge is -2.29. The van der Waals surface area contributed by atoms with Crippen LogP contribution in [-0.2, 0) is 11.2 Å². The molecule has 2 heteroatoms. The topological polar surface area (TPSA) is 37.3 Å². The van der Waals surface area contributed by atoms with Crippen molar-refractivity contribution in [3.05, 3.63) is 35.4 Å². The Balaban J connectivity index is 2.02. The third-order valence-corrected chi connectivity index (χ3v) is 4.15. The van der Waals surface area contributed by atoms with E-state index in [9.17, 15) is 4.79 Å². The van der Waals surface area contributed by atoms with Crippen molar-refractivity contribution in [1.29, 1.82) is 0 Å². The average molecular weight is 246 g/mol. The van der Waals surface area contributed by atoms with Crippen molar-refractivity contribution in [3.8, 4) is 0 Å². The van der Waals surface area contributed by atoms with Crippen LogP contribution in [0.3, 0.4) is 0 Å². The zero-order valence-electron chi connectivity index (χ0n) is 10.8. The van der Waals surface area contributed by atoms with Gasteiger partial charge in [-0.05, 0) is 55.1 Å². The molecule has 0 aliphatic heterocycles. The lowest BCUT2D eigenvalue weighted by atomic mass is 9.76. The van der Waals surface area contributed by atoms with Gasteiger partial charge in [0.1, 0.15) is 6.29 Å². The molecule has 0 aromatic heterocycles. The first-order valence-electron chi connectivity index (χ1n) is 6.97. The molecule has 1 saturated carbocycles. The Labute approximate surface area is 109 Å². The molecule has 1 aromatic rings. The van der Waals surface area contributed by atoms with E-state index in [0.29, 0.717) is 11.8 Å². The second kappa shape index (κ2) is 6.69. The van der Waals surface area contributed by atoms with Crippen LogP contribution in [-0.4, -0.2) is 18.0 Å². The van der Waals surface area contributed by atoms with Crippen LogP contribution in [0.2, 0.25) is 0 Å². The molecule has 0 radical (unpaired) electrons. The van der Waals surface area contributed by atoms with E-state index in [0.717, 1.165) is 32.0 Å². The molecule has 0 atom stereocenters. The highest BCUT2D eigenvalue weighted by atomic mass is 16.2. The second-order valence-corrected chi connectivity index (χ2v) is 5.29. The molecule has 2 rings (SSSR count). The lowest BCUT2D eigenvalue weighted by Crippen LogP contribution is -2.15. The van der Waals surface area contributed by atoms with Crippen LogP contribution in [0.1, 0.15) is 49.1 Å². The molecule has 1 fully saturated rings. The molecule has 0 heterocycles. The van der Waals surface area contributed by atoms with Gasteiger partial charge in [-0.25, -0.2) is 0 Å². The van der Waals surface area contributed by atoms with Crippen molar-refractivity contribution in [2.24, 2.45) is 5.92 Å². The van der Waals surface area contributed by atoms with Crippen molar-refractivity contribution >= 4 is 6.29 Å². The van der Waals surface area contributed by atoms with Gasteiger partial charge in [0.25, 0.3) is 0 Å². The van der Waals surface area contributed by atoms with Crippen LogP contribution in [0.5, 0.6) is 0 Å². The highest BCUT2D eigenvalue weighted by Gasteiger charge is 2.23. The highest BCUT2D eigenvalue weighted by Crippen LogP contribution is 2.38. The normalized spacial score (nSPS) is 23.8. The number of benzene rings is 1. The fraction of sp³-hybridized carbons (Fsp3) is 0.562. The minimum atomic E-state index is 0.220. The molecule has 1 N–H and O–H groups in total. The summed E-state index contributed by atoms with van der Waals surface area (Å²) in [6.07, 6.45) is 7.23. The van der Waals surface area contributed by atoms with Crippen LogP contribution in [0.4, 0.5) is 0 Å². The maximum absolute atomic E-state index is 10.5. The molecule has 1 aromatic carbocycles. The summed E-state index contributed by atoms with van der Waals surface area (Å²) in [4.78, 5) is 10.5. The molecule has 0 saturated heterocycles. The summed E-state index contributed by atoms with van der Waals surface area (Å²) in [7, 11) is 0. The number of rotatable bonds is 5. The average Bonchev–Trinajstić information content (AvgIpc) is 2.41. The summed E-state index contributed by atoms with van der Waals surface area (Å²) in [5.74, 6) is 1.22. The van der Waals surface area contributed by atoms with E-state index < -0.39 is 0 Å². The Morgan fingerprint density at radius 1 is 1.17 bits per heavy atom. The van der Waals surface area contributed by atoms with Crippen LogP contribution < -0.4 is 0 Å². The summed E-state index contributed by atoms with van der Waals surface area (Å²) in [6, 6.07) is 8.47. The largest absolute Gasteiger partial charge is 0.396 e. The van der Waals surface area contributed by atoms with E-state index >= 15 is 0 Å². The maximum atomic E-state index is 10.5. The van der Waals surface area contributed by atoms with Gasteiger partial charge in [-0.15, -0.1) is 0 Å². The molecule has 0 unspecified atom stereocenters.